The lowest BCUT2D eigenvalue weighted by Crippen LogP contribution is -2.49. The minimum Gasteiger partial charge on any atom is -0.369 e. The van der Waals surface area contributed by atoms with Gasteiger partial charge in [-0.25, -0.2) is 8.42 Å². The highest BCUT2D eigenvalue weighted by atomic mass is 32.2. The van der Waals surface area contributed by atoms with Crippen molar-refractivity contribution in [3.05, 3.63) is 64.5 Å². The lowest BCUT2D eigenvalue weighted by atomic mass is 10.2. The topological polar surface area (TPSA) is 96.6 Å². The summed E-state index contributed by atoms with van der Waals surface area (Å²) >= 11 is 0. The van der Waals surface area contributed by atoms with E-state index in [2.05, 4.69) is 4.98 Å². The normalized spacial score (nSPS) is 15.8. The molecule has 1 aromatic carbocycles. The van der Waals surface area contributed by atoms with Gasteiger partial charge < -0.3 is 4.90 Å². The second-order valence-corrected chi connectivity index (χ2v) is 8.14. The summed E-state index contributed by atoms with van der Waals surface area (Å²) in [4.78, 5) is 16.5. The molecular weight excluding hydrogens is 356 g/mol. The molecule has 0 amide bonds. The molecule has 0 unspecified atom stereocenters. The van der Waals surface area contributed by atoms with Gasteiger partial charge in [-0.3, -0.25) is 15.1 Å². The number of rotatable bonds is 6. The number of aryl methyl sites for hydroxylation is 1. The van der Waals surface area contributed by atoms with E-state index >= 15 is 0 Å². The van der Waals surface area contributed by atoms with Gasteiger partial charge in [-0.15, -0.1) is 0 Å². The summed E-state index contributed by atoms with van der Waals surface area (Å²) in [6.07, 6.45) is 2.05. The molecule has 1 saturated heterocycles. The van der Waals surface area contributed by atoms with E-state index in [4.69, 9.17) is 0 Å². The van der Waals surface area contributed by atoms with Gasteiger partial charge in [-0.05, 0) is 24.3 Å². The summed E-state index contributed by atoms with van der Waals surface area (Å²) in [5.74, 6) is 0.0432. The molecule has 0 bridgehead atoms. The molecule has 0 atom stereocenters. The SMILES string of the molecule is O=[N+]([O-])c1ccc(N2CCN(S(=O)(=O)CCc3ccccn3)CC2)cc1. The quantitative estimate of drug-likeness (QED) is 0.562. The molecule has 0 radical (unpaired) electrons. The molecule has 2 aromatic rings. The largest absolute Gasteiger partial charge is 0.369 e. The van der Waals surface area contributed by atoms with Crippen LogP contribution in [0, 0.1) is 10.1 Å². The van der Waals surface area contributed by atoms with E-state index in [9.17, 15) is 18.5 Å². The van der Waals surface area contributed by atoms with Gasteiger partial charge in [0.25, 0.3) is 5.69 Å². The van der Waals surface area contributed by atoms with Gasteiger partial charge in [-0.1, -0.05) is 6.07 Å². The number of hydrogen-bond acceptors (Lipinski definition) is 6. The number of nitrogens with zero attached hydrogens (tertiary/aromatic N) is 4. The Morgan fingerprint density at radius 3 is 2.31 bits per heavy atom. The van der Waals surface area contributed by atoms with Crippen molar-refractivity contribution in [2.45, 2.75) is 6.42 Å². The third-order valence-corrected chi connectivity index (χ3v) is 6.27. The average molecular weight is 376 g/mol. The van der Waals surface area contributed by atoms with Crippen molar-refractivity contribution in [3.8, 4) is 0 Å². The molecule has 8 nitrogen and oxygen atoms in total. The Hall–Kier alpha value is -2.52. The smallest absolute Gasteiger partial charge is 0.269 e. The Bertz CT molecular complexity index is 848. The van der Waals surface area contributed by atoms with E-state index in [-0.39, 0.29) is 11.4 Å². The molecule has 1 aliphatic heterocycles. The van der Waals surface area contributed by atoms with E-state index in [1.165, 1.54) is 16.4 Å². The van der Waals surface area contributed by atoms with Gasteiger partial charge in [0.1, 0.15) is 0 Å². The predicted molar refractivity (Wildman–Crippen MR) is 98.6 cm³/mol. The maximum Gasteiger partial charge on any atom is 0.269 e. The van der Waals surface area contributed by atoms with Crippen molar-refractivity contribution in [3.63, 3.8) is 0 Å². The summed E-state index contributed by atoms with van der Waals surface area (Å²) in [7, 11) is -3.33. The lowest BCUT2D eigenvalue weighted by Gasteiger charge is -2.35. The predicted octanol–water partition coefficient (Wildman–Crippen LogP) is 1.68. The molecule has 1 aliphatic rings. The number of non-ortho nitro benzene ring substituents is 1. The van der Waals surface area contributed by atoms with Crippen LogP contribution in [0.4, 0.5) is 11.4 Å². The second-order valence-electron chi connectivity index (χ2n) is 6.05. The number of piperazine rings is 1. The van der Waals surface area contributed by atoms with E-state index in [0.29, 0.717) is 32.6 Å². The number of sulfonamides is 1. The number of nitro benzene ring substituents is 1. The molecule has 26 heavy (non-hydrogen) atoms. The third-order valence-electron chi connectivity index (χ3n) is 4.40. The average Bonchev–Trinajstić information content (AvgIpc) is 2.67. The number of pyridine rings is 1. The van der Waals surface area contributed by atoms with Crippen molar-refractivity contribution >= 4 is 21.4 Å². The van der Waals surface area contributed by atoms with Crippen LogP contribution in [0.5, 0.6) is 0 Å². The number of hydrogen-bond donors (Lipinski definition) is 0. The fourth-order valence-corrected chi connectivity index (χ4v) is 4.36. The molecular formula is C17H20N4O4S. The molecule has 0 spiro atoms. The summed E-state index contributed by atoms with van der Waals surface area (Å²) < 4.78 is 26.6. The second kappa shape index (κ2) is 7.79. The van der Waals surface area contributed by atoms with Crippen molar-refractivity contribution in [2.75, 3.05) is 36.8 Å². The third kappa shape index (κ3) is 4.36. The summed E-state index contributed by atoms with van der Waals surface area (Å²) in [6, 6.07) is 11.8. The molecule has 1 fully saturated rings. The number of nitro groups is 1. The van der Waals surface area contributed by atoms with Gasteiger partial charge in [0.2, 0.25) is 10.0 Å². The highest BCUT2D eigenvalue weighted by Crippen LogP contribution is 2.21. The Morgan fingerprint density at radius 2 is 1.73 bits per heavy atom. The van der Waals surface area contributed by atoms with Crippen LogP contribution in [0.2, 0.25) is 0 Å². The summed E-state index contributed by atoms with van der Waals surface area (Å²) in [6.45, 7) is 1.92. The van der Waals surface area contributed by atoms with Crippen molar-refractivity contribution in [1.29, 1.82) is 0 Å². The van der Waals surface area contributed by atoms with Crippen LogP contribution in [0.1, 0.15) is 5.69 Å². The van der Waals surface area contributed by atoms with Gasteiger partial charge >= 0.3 is 0 Å². The van der Waals surface area contributed by atoms with Crippen molar-refractivity contribution < 1.29 is 13.3 Å². The Morgan fingerprint density at radius 1 is 1.04 bits per heavy atom. The Labute approximate surface area is 152 Å². The van der Waals surface area contributed by atoms with Crippen LogP contribution in [0.15, 0.2) is 48.7 Å². The summed E-state index contributed by atoms with van der Waals surface area (Å²) in [5.41, 5.74) is 1.67. The zero-order valence-electron chi connectivity index (χ0n) is 14.2. The van der Waals surface area contributed by atoms with Gasteiger partial charge in [0, 0.05) is 62.3 Å². The molecule has 1 aromatic heterocycles. The highest BCUT2D eigenvalue weighted by molar-refractivity contribution is 7.89. The zero-order valence-corrected chi connectivity index (χ0v) is 15.0. The molecule has 2 heterocycles. The molecule has 3 rings (SSSR count). The minimum atomic E-state index is -3.33. The first-order valence-electron chi connectivity index (χ1n) is 8.33. The van der Waals surface area contributed by atoms with E-state index in [0.717, 1.165) is 11.4 Å². The van der Waals surface area contributed by atoms with Crippen LogP contribution in [-0.4, -0.2) is 54.6 Å². The lowest BCUT2D eigenvalue weighted by molar-refractivity contribution is -0.384. The van der Waals surface area contributed by atoms with E-state index < -0.39 is 14.9 Å². The van der Waals surface area contributed by atoms with E-state index in [1.807, 2.05) is 17.0 Å². The summed E-state index contributed by atoms with van der Waals surface area (Å²) in [5, 5.41) is 10.7. The molecule has 0 aliphatic carbocycles. The maximum absolute atomic E-state index is 12.5. The fraction of sp³-hybridized carbons (Fsp3) is 0.353. The molecule has 9 heteroatoms. The Balaban J connectivity index is 1.56. The van der Waals surface area contributed by atoms with Crippen LogP contribution >= 0.6 is 0 Å². The van der Waals surface area contributed by atoms with Crippen molar-refractivity contribution in [2.24, 2.45) is 0 Å². The molecule has 0 N–H and O–H groups in total. The zero-order chi connectivity index (χ0) is 18.6. The first kappa shape index (κ1) is 18.3. The van der Waals surface area contributed by atoms with Crippen molar-refractivity contribution in [1.82, 2.24) is 9.29 Å². The Kier molecular flexibility index (Phi) is 5.48. The maximum atomic E-state index is 12.5. The van der Waals surface area contributed by atoms with E-state index in [1.54, 1.807) is 24.4 Å². The highest BCUT2D eigenvalue weighted by Gasteiger charge is 2.27. The van der Waals surface area contributed by atoms with Gasteiger partial charge in [0.15, 0.2) is 0 Å². The first-order valence-corrected chi connectivity index (χ1v) is 9.94. The first-order chi connectivity index (χ1) is 12.5. The fourth-order valence-electron chi connectivity index (χ4n) is 2.92. The van der Waals surface area contributed by atoms with Crippen LogP contribution < -0.4 is 4.90 Å². The van der Waals surface area contributed by atoms with Crippen LogP contribution in [0.3, 0.4) is 0 Å². The number of benzene rings is 1. The standard InChI is InChI=1S/C17H20N4O4S/c22-21(23)17-6-4-16(5-7-17)19-10-12-20(13-11-19)26(24,25)14-8-15-3-1-2-9-18-15/h1-7,9H,8,10-14H2. The number of anilines is 1. The van der Waals surface area contributed by atoms with Crippen LogP contribution in [0.25, 0.3) is 0 Å². The van der Waals surface area contributed by atoms with Gasteiger partial charge in [-0.2, -0.15) is 4.31 Å². The van der Waals surface area contributed by atoms with Gasteiger partial charge in [0.05, 0.1) is 10.7 Å². The molecule has 0 saturated carbocycles. The van der Waals surface area contributed by atoms with Crippen LogP contribution in [-0.2, 0) is 16.4 Å². The monoisotopic (exact) mass is 376 g/mol. The molecule has 138 valence electrons. The number of aromatic nitrogens is 1. The minimum absolute atomic E-state index is 0.0432.